The summed E-state index contributed by atoms with van der Waals surface area (Å²) in [5.74, 6) is 0.223. The maximum absolute atomic E-state index is 11.5. The number of hydrogen-bond acceptors (Lipinski definition) is 4. The Hall–Kier alpha value is -3.28. The third kappa shape index (κ3) is 5.90. The Balaban J connectivity index is 1.77. The molecule has 1 fully saturated rings. The van der Waals surface area contributed by atoms with Gasteiger partial charge in [0.1, 0.15) is 11.5 Å². The third-order valence-electron chi connectivity index (χ3n) is 7.27. The van der Waals surface area contributed by atoms with Gasteiger partial charge in [-0.1, -0.05) is 67.1 Å². The number of aliphatic carboxylic acids is 1. The first-order valence-electron chi connectivity index (χ1n) is 12.9. The zero-order chi connectivity index (χ0) is 27.4. The van der Waals surface area contributed by atoms with Gasteiger partial charge in [0.15, 0.2) is 6.61 Å². The zero-order valence-electron chi connectivity index (χ0n) is 22.4. The van der Waals surface area contributed by atoms with E-state index >= 15 is 0 Å². The first-order valence-corrected chi connectivity index (χ1v) is 13.2. The molecule has 3 aromatic carbocycles. The van der Waals surface area contributed by atoms with Crippen LogP contribution in [0.4, 0.5) is 0 Å². The minimum absolute atomic E-state index is 0.00290. The molecule has 0 radical (unpaired) electrons. The van der Waals surface area contributed by atoms with Gasteiger partial charge >= 0.3 is 5.97 Å². The van der Waals surface area contributed by atoms with Crippen molar-refractivity contribution in [3.8, 4) is 22.6 Å². The molecule has 0 aromatic heterocycles. The van der Waals surface area contributed by atoms with E-state index in [1.54, 1.807) is 0 Å². The van der Waals surface area contributed by atoms with Crippen LogP contribution in [0.15, 0.2) is 72.8 Å². The van der Waals surface area contributed by atoms with E-state index in [4.69, 9.17) is 25.8 Å². The number of carboxylic acid groups (broad SMARTS) is 1. The molecule has 1 aliphatic rings. The fourth-order valence-electron chi connectivity index (χ4n) is 5.34. The summed E-state index contributed by atoms with van der Waals surface area (Å²) >= 11 is 6.14. The number of carboxylic acids is 1. The average Bonchev–Trinajstić information content (AvgIpc) is 2.88. The summed E-state index contributed by atoms with van der Waals surface area (Å²) in [4.78, 5) is 11.5. The molecule has 0 aliphatic carbocycles. The molecule has 38 heavy (non-hydrogen) atoms. The SMILES string of the molecule is C=C(C)[C@@H]1C[C@](C)(c2ccc(Cl)cc2)CO[C@H]1c1c(C)cc(-c2ccccc2OCC)cc1OCC(=O)O. The highest BCUT2D eigenvalue weighted by Crippen LogP contribution is 2.50. The van der Waals surface area contributed by atoms with Gasteiger partial charge in [0.05, 0.1) is 19.3 Å². The van der Waals surface area contributed by atoms with Gasteiger partial charge in [0, 0.05) is 27.5 Å². The Morgan fingerprint density at radius 2 is 1.84 bits per heavy atom. The van der Waals surface area contributed by atoms with Gasteiger partial charge in [-0.25, -0.2) is 4.79 Å². The van der Waals surface area contributed by atoms with Crippen LogP contribution < -0.4 is 9.47 Å². The molecule has 5 nitrogen and oxygen atoms in total. The lowest BCUT2D eigenvalue weighted by atomic mass is 9.69. The molecule has 6 heteroatoms. The number of para-hydroxylation sites is 1. The second-order valence-corrected chi connectivity index (χ2v) is 10.7. The van der Waals surface area contributed by atoms with E-state index in [1.165, 1.54) is 0 Å². The molecule has 3 atom stereocenters. The number of aryl methyl sites for hydroxylation is 1. The summed E-state index contributed by atoms with van der Waals surface area (Å²) < 4.78 is 18.4. The summed E-state index contributed by atoms with van der Waals surface area (Å²) in [6.07, 6.45) is 0.495. The van der Waals surface area contributed by atoms with Gasteiger partial charge in [-0.2, -0.15) is 0 Å². The number of carbonyl (C=O) groups is 1. The van der Waals surface area contributed by atoms with Crippen LogP contribution in [0.1, 0.15) is 50.0 Å². The maximum atomic E-state index is 11.5. The first kappa shape index (κ1) is 27.7. The molecule has 1 N–H and O–H groups in total. The summed E-state index contributed by atoms with van der Waals surface area (Å²) in [5, 5.41) is 10.1. The van der Waals surface area contributed by atoms with Crippen LogP contribution >= 0.6 is 11.6 Å². The predicted molar refractivity (Wildman–Crippen MR) is 151 cm³/mol. The molecule has 0 saturated carbocycles. The van der Waals surface area contributed by atoms with E-state index in [9.17, 15) is 9.90 Å². The molecular formula is C32H35ClO5. The van der Waals surface area contributed by atoms with E-state index < -0.39 is 12.6 Å². The van der Waals surface area contributed by atoms with Crippen molar-refractivity contribution in [2.24, 2.45) is 5.92 Å². The van der Waals surface area contributed by atoms with Crippen molar-refractivity contribution in [2.45, 2.75) is 45.6 Å². The molecule has 1 saturated heterocycles. The third-order valence-corrected chi connectivity index (χ3v) is 7.53. The van der Waals surface area contributed by atoms with Crippen LogP contribution in [0.5, 0.6) is 11.5 Å². The topological polar surface area (TPSA) is 65.0 Å². The lowest BCUT2D eigenvalue weighted by Crippen LogP contribution is -2.40. The van der Waals surface area contributed by atoms with Crippen molar-refractivity contribution >= 4 is 17.6 Å². The summed E-state index contributed by atoms with van der Waals surface area (Å²) in [6, 6.07) is 19.7. The lowest BCUT2D eigenvalue weighted by Gasteiger charge is -2.44. The van der Waals surface area contributed by atoms with E-state index in [2.05, 4.69) is 31.7 Å². The van der Waals surface area contributed by atoms with Crippen LogP contribution in [-0.4, -0.2) is 30.9 Å². The largest absolute Gasteiger partial charge is 0.493 e. The van der Waals surface area contributed by atoms with Crippen molar-refractivity contribution in [1.29, 1.82) is 0 Å². The normalized spacial score (nSPS) is 21.1. The number of rotatable bonds is 9. The smallest absolute Gasteiger partial charge is 0.341 e. The summed E-state index contributed by atoms with van der Waals surface area (Å²) in [6.45, 7) is 13.1. The second kappa shape index (κ2) is 11.6. The highest BCUT2D eigenvalue weighted by molar-refractivity contribution is 6.30. The van der Waals surface area contributed by atoms with E-state index in [1.807, 2.05) is 63.2 Å². The van der Waals surface area contributed by atoms with Gasteiger partial charge in [-0.15, -0.1) is 0 Å². The number of hydrogen-bond donors (Lipinski definition) is 1. The Kier molecular flexibility index (Phi) is 8.49. The van der Waals surface area contributed by atoms with Crippen molar-refractivity contribution in [2.75, 3.05) is 19.8 Å². The molecular weight excluding hydrogens is 500 g/mol. The standard InChI is InChI=1S/C32H35ClO5/c1-6-36-27-10-8-7-9-25(27)22-15-21(4)30(28(16-22)37-18-29(34)35)31-26(20(2)3)17-32(5,19-38-31)23-11-13-24(33)14-12-23/h7-16,26,31H,2,6,17-19H2,1,3-5H3,(H,34,35)/t26-,31+,32-/m0/s1. The number of halogens is 1. The summed E-state index contributed by atoms with van der Waals surface area (Å²) in [5.41, 5.74) is 5.56. The Labute approximate surface area is 230 Å². The molecule has 1 heterocycles. The van der Waals surface area contributed by atoms with Crippen LogP contribution in [-0.2, 0) is 14.9 Å². The van der Waals surface area contributed by atoms with Crippen molar-refractivity contribution < 1.29 is 24.1 Å². The Morgan fingerprint density at radius 1 is 1.13 bits per heavy atom. The summed E-state index contributed by atoms with van der Waals surface area (Å²) in [7, 11) is 0. The molecule has 0 spiro atoms. The van der Waals surface area contributed by atoms with E-state index in [-0.39, 0.29) is 17.4 Å². The number of ether oxygens (including phenoxy) is 3. The second-order valence-electron chi connectivity index (χ2n) is 10.3. The van der Waals surface area contributed by atoms with Gasteiger partial charge < -0.3 is 19.3 Å². The minimum Gasteiger partial charge on any atom is -0.493 e. The van der Waals surface area contributed by atoms with E-state index in [0.717, 1.165) is 45.6 Å². The molecule has 0 unspecified atom stereocenters. The van der Waals surface area contributed by atoms with Gasteiger partial charge in [-0.3, -0.25) is 0 Å². The predicted octanol–water partition coefficient (Wildman–Crippen LogP) is 7.79. The molecule has 4 rings (SSSR count). The average molecular weight is 535 g/mol. The van der Waals surface area contributed by atoms with Gasteiger partial charge in [-0.05, 0) is 68.1 Å². The van der Waals surface area contributed by atoms with Gasteiger partial charge in [0.25, 0.3) is 0 Å². The monoisotopic (exact) mass is 534 g/mol. The molecule has 3 aromatic rings. The lowest BCUT2D eigenvalue weighted by molar-refractivity contribution is -0.139. The molecule has 200 valence electrons. The Bertz CT molecular complexity index is 1320. The van der Waals surface area contributed by atoms with Crippen LogP contribution in [0, 0.1) is 12.8 Å². The molecule has 0 bridgehead atoms. The maximum Gasteiger partial charge on any atom is 0.341 e. The van der Waals surface area contributed by atoms with Crippen LogP contribution in [0.3, 0.4) is 0 Å². The van der Waals surface area contributed by atoms with Gasteiger partial charge in [0.2, 0.25) is 0 Å². The molecule has 1 aliphatic heterocycles. The van der Waals surface area contributed by atoms with Crippen molar-refractivity contribution in [3.05, 3.63) is 94.5 Å². The number of benzene rings is 3. The van der Waals surface area contributed by atoms with Crippen molar-refractivity contribution in [3.63, 3.8) is 0 Å². The Morgan fingerprint density at radius 3 is 2.50 bits per heavy atom. The zero-order valence-corrected chi connectivity index (χ0v) is 23.2. The van der Waals surface area contributed by atoms with Crippen LogP contribution in [0.25, 0.3) is 11.1 Å². The van der Waals surface area contributed by atoms with Crippen molar-refractivity contribution in [1.82, 2.24) is 0 Å². The highest BCUT2D eigenvalue weighted by atomic mass is 35.5. The quantitative estimate of drug-likeness (QED) is 0.284. The fourth-order valence-corrected chi connectivity index (χ4v) is 5.47. The first-order chi connectivity index (χ1) is 18.1. The van der Waals surface area contributed by atoms with E-state index in [0.29, 0.717) is 24.0 Å². The highest BCUT2D eigenvalue weighted by Gasteiger charge is 2.42. The fraction of sp³-hybridized carbons (Fsp3) is 0.344. The molecule has 0 amide bonds. The van der Waals surface area contributed by atoms with Crippen LogP contribution in [0.2, 0.25) is 5.02 Å². The minimum atomic E-state index is -1.04.